The van der Waals surface area contributed by atoms with E-state index in [4.69, 9.17) is 4.74 Å². The smallest absolute Gasteiger partial charge is 0.240 e. The van der Waals surface area contributed by atoms with Crippen molar-refractivity contribution in [2.24, 2.45) is 5.92 Å². The minimum Gasteiger partial charge on any atom is -0.496 e. The molecule has 112 valence electrons. The minimum atomic E-state index is -3.52. The van der Waals surface area contributed by atoms with Crippen LogP contribution in [0.2, 0.25) is 0 Å². The number of methoxy groups -OCH3 is 1. The van der Waals surface area contributed by atoms with Gasteiger partial charge in [-0.2, -0.15) is 0 Å². The molecule has 0 aliphatic carbocycles. The largest absolute Gasteiger partial charge is 0.496 e. The van der Waals surface area contributed by atoms with Gasteiger partial charge in [0, 0.05) is 12.6 Å². The lowest BCUT2D eigenvalue weighted by molar-refractivity contribution is 0.327. The predicted molar refractivity (Wildman–Crippen MR) is 81.5 cm³/mol. The van der Waals surface area contributed by atoms with Crippen LogP contribution in [0.4, 0.5) is 0 Å². The van der Waals surface area contributed by atoms with Crippen molar-refractivity contribution in [2.75, 3.05) is 20.2 Å². The van der Waals surface area contributed by atoms with Gasteiger partial charge in [0.15, 0.2) is 0 Å². The van der Waals surface area contributed by atoms with Gasteiger partial charge in [-0.25, -0.2) is 13.1 Å². The average Bonchev–Trinajstić information content (AvgIpc) is 2.41. The molecule has 2 atom stereocenters. The van der Waals surface area contributed by atoms with Crippen molar-refractivity contribution >= 4 is 26.0 Å². The van der Waals surface area contributed by atoms with E-state index in [9.17, 15) is 8.42 Å². The Morgan fingerprint density at radius 2 is 2.20 bits per heavy atom. The van der Waals surface area contributed by atoms with E-state index in [0.717, 1.165) is 13.0 Å². The van der Waals surface area contributed by atoms with Crippen LogP contribution in [0, 0.1) is 5.92 Å². The molecule has 1 fully saturated rings. The highest BCUT2D eigenvalue weighted by Gasteiger charge is 2.26. The lowest BCUT2D eigenvalue weighted by Gasteiger charge is -2.30. The lowest BCUT2D eigenvalue weighted by atomic mass is 9.96. The van der Waals surface area contributed by atoms with E-state index < -0.39 is 10.0 Å². The molecule has 1 aromatic rings. The molecule has 0 bridgehead atoms. The molecule has 0 saturated carbocycles. The molecule has 1 aromatic carbocycles. The maximum Gasteiger partial charge on any atom is 0.240 e. The van der Waals surface area contributed by atoms with Crippen molar-refractivity contribution in [3.05, 3.63) is 22.7 Å². The molecular formula is C13H19BrN2O3S. The molecule has 2 rings (SSSR count). The van der Waals surface area contributed by atoms with Crippen molar-refractivity contribution < 1.29 is 13.2 Å². The Morgan fingerprint density at radius 1 is 1.45 bits per heavy atom. The van der Waals surface area contributed by atoms with Gasteiger partial charge in [-0.15, -0.1) is 0 Å². The summed E-state index contributed by atoms with van der Waals surface area (Å²) in [6.07, 6.45) is 0.972. The molecule has 1 aliphatic heterocycles. The van der Waals surface area contributed by atoms with Gasteiger partial charge in [0.2, 0.25) is 10.0 Å². The topological polar surface area (TPSA) is 67.4 Å². The van der Waals surface area contributed by atoms with Gasteiger partial charge in [-0.1, -0.05) is 6.92 Å². The summed E-state index contributed by atoms with van der Waals surface area (Å²) in [5.74, 6) is 0.935. The third kappa shape index (κ3) is 3.52. The third-order valence-corrected chi connectivity index (χ3v) is 5.67. The minimum absolute atomic E-state index is 0.0744. The predicted octanol–water partition coefficient (Wildman–Crippen LogP) is 1.73. The molecule has 1 aliphatic rings. The zero-order valence-corrected chi connectivity index (χ0v) is 13.9. The molecule has 20 heavy (non-hydrogen) atoms. The number of ether oxygens (including phenoxy) is 1. The summed E-state index contributed by atoms with van der Waals surface area (Å²) >= 11 is 3.31. The van der Waals surface area contributed by atoms with Crippen LogP contribution in [0.25, 0.3) is 0 Å². The van der Waals surface area contributed by atoms with E-state index >= 15 is 0 Å². The third-order valence-electron chi connectivity index (χ3n) is 3.57. The van der Waals surface area contributed by atoms with Crippen LogP contribution in [0.1, 0.15) is 13.3 Å². The number of halogens is 1. The lowest BCUT2D eigenvalue weighted by Crippen LogP contribution is -2.50. The fraction of sp³-hybridized carbons (Fsp3) is 0.538. The standard InChI is InChI=1S/C13H19BrN2O3S/c1-9-5-6-15-8-12(9)16-20(17,18)10-3-4-13(19-2)11(14)7-10/h3-4,7,9,12,15-16H,5-6,8H2,1-2H3. The Bertz CT molecular complexity index is 577. The molecule has 5 nitrogen and oxygen atoms in total. The maximum absolute atomic E-state index is 12.4. The number of benzene rings is 1. The first-order chi connectivity index (χ1) is 9.44. The molecule has 2 N–H and O–H groups in total. The van der Waals surface area contributed by atoms with E-state index in [1.807, 2.05) is 0 Å². The van der Waals surface area contributed by atoms with Gasteiger partial charge in [0.1, 0.15) is 5.75 Å². The fourth-order valence-corrected chi connectivity index (χ4v) is 4.29. The van der Waals surface area contributed by atoms with Crippen molar-refractivity contribution in [2.45, 2.75) is 24.3 Å². The number of hydrogen-bond donors (Lipinski definition) is 2. The highest BCUT2D eigenvalue weighted by Crippen LogP contribution is 2.27. The Kier molecular flexibility index (Phi) is 5.06. The Morgan fingerprint density at radius 3 is 2.80 bits per heavy atom. The van der Waals surface area contributed by atoms with Crippen LogP contribution >= 0.6 is 15.9 Å². The second-order valence-corrected chi connectivity index (χ2v) is 7.56. The van der Waals surface area contributed by atoms with Crippen LogP contribution in [0.3, 0.4) is 0 Å². The Hall–Kier alpha value is -0.630. The van der Waals surface area contributed by atoms with Gasteiger partial charge >= 0.3 is 0 Å². The van der Waals surface area contributed by atoms with E-state index in [1.54, 1.807) is 25.3 Å². The number of piperidine rings is 1. The molecular weight excluding hydrogens is 344 g/mol. The van der Waals surface area contributed by atoms with Crippen LogP contribution < -0.4 is 14.8 Å². The number of rotatable bonds is 4. The molecule has 0 amide bonds. The van der Waals surface area contributed by atoms with Crippen LogP contribution in [0.15, 0.2) is 27.6 Å². The highest BCUT2D eigenvalue weighted by molar-refractivity contribution is 9.10. The summed E-state index contributed by atoms with van der Waals surface area (Å²) in [6.45, 7) is 3.67. The van der Waals surface area contributed by atoms with Crippen molar-refractivity contribution in [3.63, 3.8) is 0 Å². The summed E-state index contributed by atoms with van der Waals surface area (Å²) in [5, 5.41) is 3.21. The zero-order chi connectivity index (χ0) is 14.8. The summed E-state index contributed by atoms with van der Waals surface area (Å²) < 4.78 is 33.3. The summed E-state index contributed by atoms with van der Waals surface area (Å²) in [6, 6.07) is 4.67. The first-order valence-corrected chi connectivity index (χ1v) is 8.78. The van der Waals surface area contributed by atoms with E-state index in [1.165, 1.54) is 0 Å². The quantitative estimate of drug-likeness (QED) is 0.855. The maximum atomic E-state index is 12.4. The van der Waals surface area contributed by atoms with Gasteiger partial charge < -0.3 is 10.1 Å². The zero-order valence-electron chi connectivity index (χ0n) is 11.5. The van der Waals surface area contributed by atoms with Gasteiger partial charge in [0.25, 0.3) is 0 Å². The van der Waals surface area contributed by atoms with Crippen LogP contribution in [-0.4, -0.2) is 34.7 Å². The highest BCUT2D eigenvalue weighted by atomic mass is 79.9. The van der Waals surface area contributed by atoms with Crippen LogP contribution in [-0.2, 0) is 10.0 Å². The van der Waals surface area contributed by atoms with Gasteiger partial charge in [-0.3, -0.25) is 0 Å². The molecule has 0 aromatic heterocycles. The molecule has 1 saturated heterocycles. The molecule has 0 spiro atoms. The Labute approximate surface area is 128 Å². The number of sulfonamides is 1. The SMILES string of the molecule is COc1ccc(S(=O)(=O)NC2CNCCC2C)cc1Br. The molecule has 0 radical (unpaired) electrons. The molecule has 2 unspecified atom stereocenters. The first-order valence-electron chi connectivity index (χ1n) is 6.50. The van der Waals surface area contributed by atoms with Crippen LogP contribution in [0.5, 0.6) is 5.75 Å². The van der Waals surface area contributed by atoms with Gasteiger partial charge in [0.05, 0.1) is 16.5 Å². The second-order valence-electron chi connectivity index (χ2n) is 4.99. The monoisotopic (exact) mass is 362 g/mol. The number of nitrogens with one attached hydrogen (secondary N) is 2. The Balaban J connectivity index is 2.19. The van der Waals surface area contributed by atoms with E-state index in [0.29, 0.717) is 22.7 Å². The summed E-state index contributed by atoms with van der Waals surface area (Å²) in [4.78, 5) is 0.239. The van der Waals surface area contributed by atoms with E-state index in [2.05, 4.69) is 32.9 Å². The van der Waals surface area contributed by atoms with Crippen molar-refractivity contribution in [1.82, 2.24) is 10.0 Å². The van der Waals surface area contributed by atoms with Gasteiger partial charge in [-0.05, 0) is 53.0 Å². The number of hydrogen-bond acceptors (Lipinski definition) is 4. The first kappa shape index (κ1) is 15.8. The average molecular weight is 363 g/mol. The summed E-state index contributed by atoms with van der Waals surface area (Å²) in [7, 11) is -1.97. The molecule has 1 heterocycles. The van der Waals surface area contributed by atoms with Crippen molar-refractivity contribution in [3.8, 4) is 5.75 Å². The molecule has 7 heteroatoms. The fourth-order valence-electron chi connectivity index (χ4n) is 2.23. The van der Waals surface area contributed by atoms with E-state index in [-0.39, 0.29) is 10.9 Å². The summed E-state index contributed by atoms with van der Waals surface area (Å²) in [5.41, 5.74) is 0. The second kappa shape index (κ2) is 6.43. The van der Waals surface area contributed by atoms with Crippen molar-refractivity contribution in [1.29, 1.82) is 0 Å². The normalized spacial score (nSPS) is 23.6.